The van der Waals surface area contributed by atoms with Gasteiger partial charge in [0.05, 0.1) is 6.42 Å². The molecule has 13 heavy (non-hydrogen) atoms. The first-order chi connectivity index (χ1) is 5.89. The Bertz CT molecular complexity index is 232. The third-order valence-corrected chi connectivity index (χ3v) is 1.86. The van der Waals surface area contributed by atoms with Crippen molar-refractivity contribution in [3.05, 3.63) is 0 Å². The van der Waals surface area contributed by atoms with Crippen molar-refractivity contribution in [3.8, 4) is 0 Å². The Morgan fingerprint density at radius 2 is 2.00 bits per heavy atom. The quantitative estimate of drug-likeness (QED) is 0.673. The van der Waals surface area contributed by atoms with Crippen LogP contribution in [0.3, 0.4) is 0 Å². The molecule has 0 atom stereocenters. The van der Waals surface area contributed by atoms with E-state index in [4.69, 9.17) is 0 Å². The maximum absolute atomic E-state index is 12.3. The van der Waals surface area contributed by atoms with Crippen molar-refractivity contribution in [2.45, 2.75) is 38.2 Å². The van der Waals surface area contributed by atoms with Crippen LogP contribution in [-0.2, 0) is 9.59 Å². The van der Waals surface area contributed by atoms with E-state index in [1.807, 2.05) is 0 Å². The van der Waals surface area contributed by atoms with E-state index in [0.717, 1.165) is 0 Å². The van der Waals surface area contributed by atoms with E-state index in [-0.39, 0.29) is 25.0 Å². The first-order valence-electron chi connectivity index (χ1n) is 4.06. The second kappa shape index (κ2) is 3.40. The molecule has 0 aliphatic heterocycles. The van der Waals surface area contributed by atoms with Crippen LogP contribution in [0, 0.1) is 0 Å². The van der Waals surface area contributed by atoms with Gasteiger partial charge in [-0.05, 0) is 6.92 Å². The molecular weight excluding hydrogens is 180 g/mol. The van der Waals surface area contributed by atoms with Crippen molar-refractivity contribution in [2.24, 2.45) is 0 Å². The number of carbonyl (C=O) groups is 2. The van der Waals surface area contributed by atoms with E-state index >= 15 is 0 Å². The molecule has 5 heteroatoms. The number of hydrogen-bond donors (Lipinski definition) is 1. The van der Waals surface area contributed by atoms with Crippen molar-refractivity contribution in [2.75, 3.05) is 0 Å². The van der Waals surface area contributed by atoms with E-state index < -0.39 is 17.9 Å². The molecule has 3 nitrogen and oxygen atoms in total. The van der Waals surface area contributed by atoms with Crippen LogP contribution < -0.4 is 5.32 Å². The monoisotopic (exact) mass is 191 g/mol. The van der Waals surface area contributed by atoms with E-state index in [2.05, 4.69) is 5.32 Å². The summed E-state index contributed by atoms with van der Waals surface area (Å²) < 4.78 is 24.6. The molecule has 0 aromatic rings. The summed E-state index contributed by atoms with van der Waals surface area (Å²) in [5.74, 6) is -3.36. The van der Waals surface area contributed by atoms with E-state index in [0.29, 0.717) is 0 Å². The number of Topliss-reactive ketones (excluding diaryl/α,β-unsaturated/α-hetero) is 1. The first-order valence-corrected chi connectivity index (χ1v) is 4.06. The lowest BCUT2D eigenvalue weighted by atomic mass is 9.88. The molecule has 1 saturated carbocycles. The maximum Gasteiger partial charge on any atom is 0.252 e. The average molecular weight is 191 g/mol. The highest BCUT2D eigenvalue weighted by molar-refractivity contribution is 5.96. The lowest BCUT2D eigenvalue weighted by Crippen LogP contribution is -2.50. The molecule has 1 N–H and O–H groups in total. The average Bonchev–Trinajstić information content (AvgIpc) is 1.79. The molecule has 0 aromatic heterocycles. The van der Waals surface area contributed by atoms with E-state index in [1.165, 1.54) is 6.92 Å². The molecule has 1 amide bonds. The standard InChI is InChI=1S/C8H11F2NO2/c1-5(12)2-7(13)11-6-3-8(9,10)4-6/h6H,2-4H2,1H3,(H,11,13). The zero-order valence-corrected chi connectivity index (χ0v) is 7.27. The lowest BCUT2D eigenvalue weighted by Gasteiger charge is -2.35. The van der Waals surface area contributed by atoms with Gasteiger partial charge in [-0.15, -0.1) is 0 Å². The predicted molar refractivity (Wildman–Crippen MR) is 41.4 cm³/mol. The van der Waals surface area contributed by atoms with Gasteiger partial charge in [0.25, 0.3) is 5.92 Å². The zero-order chi connectivity index (χ0) is 10.1. The number of hydrogen-bond acceptors (Lipinski definition) is 2. The molecule has 74 valence electrons. The fourth-order valence-electron chi connectivity index (χ4n) is 1.27. The van der Waals surface area contributed by atoms with Crippen molar-refractivity contribution >= 4 is 11.7 Å². The molecule has 0 radical (unpaired) electrons. The molecular formula is C8H11F2NO2. The molecule has 1 aliphatic carbocycles. The van der Waals surface area contributed by atoms with Crippen LogP contribution in [0.5, 0.6) is 0 Å². The van der Waals surface area contributed by atoms with Gasteiger partial charge in [-0.25, -0.2) is 8.78 Å². The molecule has 1 fully saturated rings. The van der Waals surface area contributed by atoms with Crippen molar-refractivity contribution < 1.29 is 18.4 Å². The van der Waals surface area contributed by atoms with Crippen LogP contribution in [0.15, 0.2) is 0 Å². The topological polar surface area (TPSA) is 46.2 Å². The summed E-state index contributed by atoms with van der Waals surface area (Å²) in [7, 11) is 0. The lowest BCUT2D eigenvalue weighted by molar-refractivity contribution is -0.132. The number of ketones is 1. The first kappa shape index (κ1) is 10.1. The van der Waals surface area contributed by atoms with Gasteiger partial charge in [-0.3, -0.25) is 9.59 Å². The Hall–Kier alpha value is -1.00. The van der Waals surface area contributed by atoms with Gasteiger partial charge in [0.2, 0.25) is 5.91 Å². The minimum Gasteiger partial charge on any atom is -0.353 e. The Morgan fingerprint density at radius 3 is 2.38 bits per heavy atom. The molecule has 0 spiro atoms. The molecule has 0 heterocycles. The largest absolute Gasteiger partial charge is 0.353 e. The number of halogens is 2. The van der Waals surface area contributed by atoms with Crippen LogP contribution in [0.4, 0.5) is 8.78 Å². The predicted octanol–water partition coefficient (Wildman–Crippen LogP) is 0.879. The fourth-order valence-corrected chi connectivity index (χ4v) is 1.27. The molecule has 0 saturated heterocycles. The number of amides is 1. The SMILES string of the molecule is CC(=O)CC(=O)NC1CC(F)(F)C1. The highest BCUT2D eigenvalue weighted by atomic mass is 19.3. The van der Waals surface area contributed by atoms with Crippen molar-refractivity contribution in [3.63, 3.8) is 0 Å². The zero-order valence-electron chi connectivity index (χ0n) is 7.27. The van der Waals surface area contributed by atoms with E-state index in [1.54, 1.807) is 0 Å². The number of alkyl halides is 2. The normalized spacial score (nSPS) is 20.5. The second-order valence-electron chi connectivity index (χ2n) is 3.41. The summed E-state index contributed by atoms with van der Waals surface area (Å²) in [6, 6.07) is -0.457. The van der Waals surface area contributed by atoms with Crippen molar-refractivity contribution in [1.29, 1.82) is 0 Å². The second-order valence-corrected chi connectivity index (χ2v) is 3.41. The molecule has 0 bridgehead atoms. The Balaban J connectivity index is 2.20. The summed E-state index contributed by atoms with van der Waals surface area (Å²) in [4.78, 5) is 21.4. The van der Waals surface area contributed by atoms with Crippen molar-refractivity contribution in [1.82, 2.24) is 5.32 Å². The van der Waals surface area contributed by atoms with Crippen LogP contribution in [0.2, 0.25) is 0 Å². The van der Waals surface area contributed by atoms with Gasteiger partial charge < -0.3 is 5.32 Å². The van der Waals surface area contributed by atoms with Gasteiger partial charge in [-0.1, -0.05) is 0 Å². The third-order valence-electron chi connectivity index (χ3n) is 1.86. The summed E-state index contributed by atoms with van der Waals surface area (Å²) in [6.07, 6.45) is -0.838. The highest BCUT2D eigenvalue weighted by Crippen LogP contribution is 2.37. The van der Waals surface area contributed by atoms with Gasteiger partial charge >= 0.3 is 0 Å². The molecule has 0 unspecified atom stereocenters. The number of rotatable bonds is 3. The summed E-state index contributed by atoms with van der Waals surface area (Å²) in [5, 5.41) is 2.36. The Labute approximate surface area is 74.5 Å². The molecule has 0 aromatic carbocycles. The van der Waals surface area contributed by atoms with Crippen LogP contribution in [0.1, 0.15) is 26.2 Å². The third kappa shape index (κ3) is 3.08. The smallest absolute Gasteiger partial charge is 0.252 e. The minimum absolute atomic E-state index is 0.220. The summed E-state index contributed by atoms with van der Waals surface area (Å²) in [6.45, 7) is 1.29. The Kier molecular flexibility index (Phi) is 2.63. The number of carbonyl (C=O) groups excluding carboxylic acids is 2. The van der Waals surface area contributed by atoms with Gasteiger partial charge in [0.15, 0.2) is 0 Å². The summed E-state index contributed by atoms with van der Waals surface area (Å²) in [5.41, 5.74) is 0. The van der Waals surface area contributed by atoms with Gasteiger partial charge in [0, 0.05) is 18.9 Å². The highest BCUT2D eigenvalue weighted by Gasteiger charge is 2.45. The molecule has 1 rings (SSSR count). The molecule has 1 aliphatic rings. The fraction of sp³-hybridized carbons (Fsp3) is 0.750. The maximum atomic E-state index is 12.3. The summed E-state index contributed by atoms with van der Waals surface area (Å²) >= 11 is 0. The van der Waals surface area contributed by atoms with E-state index in [9.17, 15) is 18.4 Å². The van der Waals surface area contributed by atoms with Gasteiger partial charge in [-0.2, -0.15) is 0 Å². The van der Waals surface area contributed by atoms with Crippen LogP contribution >= 0.6 is 0 Å². The van der Waals surface area contributed by atoms with Crippen LogP contribution in [-0.4, -0.2) is 23.7 Å². The Morgan fingerprint density at radius 1 is 1.46 bits per heavy atom. The van der Waals surface area contributed by atoms with Gasteiger partial charge in [0.1, 0.15) is 5.78 Å². The number of nitrogens with one attached hydrogen (secondary N) is 1. The minimum atomic E-state index is -2.63. The van der Waals surface area contributed by atoms with Crippen LogP contribution in [0.25, 0.3) is 0 Å².